The van der Waals surface area contributed by atoms with Crippen molar-refractivity contribution < 1.29 is 0 Å². The Morgan fingerprint density at radius 3 is 2.72 bits per heavy atom. The third-order valence-electron chi connectivity index (χ3n) is 2.62. The van der Waals surface area contributed by atoms with Gasteiger partial charge in [0.05, 0.1) is 0 Å². The molecule has 1 aromatic carbocycles. The van der Waals surface area contributed by atoms with E-state index in [1.165, 1.54) is 5.56 Å². The number of hydrogen-bond acceptors (Lipinski definition) is 3. The van der Waals surface area contributed by atoms with Crippen LogP contribution in [0.5, 0.6) is 0 Å². The van der Waals surface area contributed by atoms with Crippen molar-refractivity contribution in [1.29, 1.82) is 0 Å². The topological polar surface area (TPSA) is 37.8 Å². The van der Waals surface area contributed by atoms with E-state index in [2.05, 4.69) is 51.1 Å². The number of benzene rings is 1. The molecule has 0 saturated heterocycles. The standard InChI is InChI=1S/C14H16BrN3/c1-3-6-13-17-12(15)9-14(18-13)16-11-8-5-4-7-10(11)2/h4-5,7-9H,3,6H2,1-2H3,(H,16,17,18). The van der Waals surface area contributed by atoms with Gasteiger partial charge in [0.25, 0.3) is 0 Å². The van der Waals surface area contributed by atoms with Crippen molar-refractivity contribution in [2.24, 2.45) is 0 Å². The Kier molecular flexibility index (Phi) is 4.31. The zero-order valence-electron chi connectivity index (χ0n) is 10.6. The summed E-state index contributed by atoms with van der Waals surface area (Å²) < 4.78 is 0.817. The largest absolute Gasteiger partial charge is 0.340 e. The Hall–Kier alpha value is -1.42. The van der Waals surface area contributed by atoms with E-state index in [0.29, 0.717) is 0 Å². The summed E-state index contributed by atoms with van der Waals surface area (Å²) >= 11 is 3.42. The van der Waals surface area contributed by atoms with Gasteiger partial charge in [-0.2, -0.15) is 0 Å². The van der Waals surface area contributed by atoms with Crippen molar-refractivity contribution in [3.05, 3.63) is 46.3 Å². The lowest BCUT2D eigenvalue weighted by atomic mass is 10.2. The van der Waals surface area contributed by atoms with Crippen LogP contribution < -0.4 is 5.32 Å². The summed E-state index contributed by atoms with van der Waals surface area (Å²) in [5.74, 6) is 1.69. The Bertz CT molecular complexity index is 540. The molecule has 0 aliphatic rings. The predicted octanol–water partition coefficient (Wildman–Crippen LogP) is 4.24. The van der Waals surface area contributed by atoms with Gasteiger partial charge in [-0.25, -0.2) is 9.97 Å². The summed E-state index contributed by atoms with van der Waals surface area (Å²) in [6, 6.07) is 10.1. The molecule has 0 fully saturated rings. The molecule has 0 saturated carbocycles. The maximum atomic E-state index is 4.51. The highest BCUT2D eigenvalue weighted by Crippen LogP contribution is 2.20. The first-order chi connectivity index (χ1) is 8.69. The molecule has 0 unspecified atom stereocenters. The van der Waals surface area contributed by atoms with Crippen molar-refractivity contribution >= 4 is 27.4 Å². The molecule has 2 rings (SSSR count). The van der Waals surface area contributed by atoms with Crippen molar-refractivity contribution in [3.63, 3.8) is 0 Å². The second kappa shape index (κ2) is 5.96. The second-order valence-corrected chi connectivity index (χ2v) is 4.99. The van der Waals surface area contributed by atoms with Gasteiger partial charge in [-0.1, -0.05) is 25.1 Å². The van der Waals surface area contributed by atoms with Gasteiger partial charge >= 0.3 is 0 Å². The molecule has 2 aromatic rings. The number of para-hydroxylation sites is 1. The van der Waals surface area contributed by atoms with Crippen molar-refractivity contribution in [1.82, 2.24) is 9.97 Å². The number of nitrogens with zero attached hydrogens (tertiary/aromatic N) is 2. The molecular formula is C14H16BrN3. The predicted molar refractivity (Wildman–Crippen MR) is 78.2 cm³/mol. The molecule has 1 aromatic heterocycles. The molecule has 0 aliphatic heterocycles. The molecule has 0 bridgehead atoms. The highest BCUT2D eigenvalue weighted by molar-refractivity contribution is 9.10. The van der Waals surface area contributed by atoms with E-state index in [1.54, 1.807) is 0 Å². The number of halogens is 1. The molecule has 94 valence electrons. The number of rotatable bonds is 4. The maximum absolute atomic E-state index is 4.51. The minimum absolute atomic E-state index is 0.817. The first kappa shape index (κ1) is 13.0. The molecule has 3 nitrogen and oxygen atoms in total. The second-order valence-electron chi connectivity index (χ2n) is 4.18. The fourth-order valence-corrected chi connectivity index (χ4v) is 2.14. The molecule has 18 heavy (non-hydrogen) atoms. The molecular weight excluding hydrogens is 290 g/mol. The number of hydrogen-bond donors (Lipinski definition) is 1. The average molecular weight is 306 g/mol. The quantitative estimate of drug-likeness (QED) is 0.858. The zero-order valence-corrected chi connectivity index (χ0v) is 12.2. The third kappa shape index (κ3) is 3.29. The van der Waals surface area contributed by atoms with E-state index >= 15 is 0 Å². The molecule has 0 amide bonds. The van der Waals surface area contributed by atoms with Crippen LogP contribution in [0.25, 0.3) is 0 Å². The van der Waals surface area contributed by atoms with E-state index in [9.17, 15) is 0 Å². The van der Waals surface area contributed by atoms with Crippen molar-refractivity contribution in [3.8, 4) is 0 Å². The van der Waals surface area contributed by atoms with E-state index in [4.69, 9.17) is 0 Å². The molecule has 1 N–H and O–H groups in total. The zero-order chi connectivity index (χ0) is 13.0. The minimum atomic E-state index is 0.817. The molecule has 0 aliphatic carbocycles. The molecule has 0 spiro atoms. The number of aromatic nitrogens is 2. The van der Waals surface area contributed by atoms with Gasteiger partial charge in [0.15, 0.2) is 0 Å². The Morgan fingerprint density at radius 1 is 1.22 bits per heavy atom. The van der Waals surface area contributed by atoms with Gasteiger partial charge in [-0.3, -0.25) is 0 Å². The SMILES string of the molecule is CCCc1nc(Br)cc(Nc2ccccc2C)n1. The summed E-state index contributed by atoms with van der Waals surface area (Å²) in [6.45, 7) is 4.20. The Labute approximate surface area is 116 Å². The van der Waals surface area contributed by atoms with E-state index in [-0.39, 0.29) is 0 Å². The van der Waals surface area contributed by atoms with Gasteiger partial charge in [0, 0.05) is 18.2 Å². The number of aryl methyl sites for hydroxylation is 2. The van der Waals surface area contributed by atoms with Crippen LogP contribution in [0.1, 0.15) is 24.7 Å². The first-order valence-electron chi connectivity index (χ1n) is 6.05. The Balaban J connectivity index is 2.26. The lowest BCUT2D eigenvalue weighted by Gasteiger charge is -2.09. The van der Waals surface area contributed by atoms with E-state index < -0.39 is 0 Å². The van der Waals surface area contributed by atoms with Gasteiger partial charge < -0.3 is 5.32 Å². The van der Waals surface area contributed by atoms with Crippen LogP contribution >= 0.6 is 15.9 Å². The van der Waals surface area contributed by atoms with Crippen LogP contribution in [0.2, 0.25) is 0 Å². The van der Waals surface area contributed by atoms with E-state index in [1.807, 2.05) is 24.3 Å². The lowest BCUT2D eigenvalue weighted by Crippen LogP contribution is -2.01. The fraction of sp³-hybridized carbons (Fsp3) is 0.286. The third-order valence-corrected chi connectivity index (χ3v) is 3.03. The summed E-state index contributed by atoms with van der Waals surface area (Å²) in [5, 5.41) is 3.33. The summed E-state index contributed by atoms with van der Waals surface area (Å²) in [5.41, 5.74) is 2.27. The van der Waals surface area contributed by atoms with E-state index in [0.717, 1.165) is 34.8 Å². The van der Waals surface area contributed by atoms with Gasteiger partial charge in [-0.05, 0) is 40.9 Å². The molecule has 0 radical (unpaired) electrons. The van der Waals surface area contributed by atoms with Gasteiger partial charge in [-0.15, -0.1) is 0 Å². The maximum Gasteiger partial charge on any atom is 0.135 e. The average Bonchev–Trinajstić information content (AvgIpc) is 2.32. The van der Waals surface area contributed by atoms with Gasteiger partial charge in [0.1, 0.15) is 16.2 Å². The number of anilines is 2. The molecule has 1 heterocycles. The highest BCUT2D eigenvalue weighted by atomic mass is 79.9. The minimum Gasteiger partial charge on any atom is -0.340 e. The number of nitrogens with one attached hydrogen (secondary N) is 1. The Morgan fingerprint density at radius 2 is 2.00 bits per heavy atom. The van der Waals surface area contributed by atoms with Gasteiger partial charge in [0.2, 0.25) is 0 Å². The van der Waals surface area contributed by atoms with Crippen LogP contribution in [-0.4, -0.2) is 9.97 Å². The van der Waals surface area contributed by atoms with Crippen LogP contribution in [0.4, 0.5) is 11.5 Å². The monoisotopic (exact) mass is 305 g/mol. The molecule has 4 heteroatoms. The summed E-state index contributed by atoms with van der Waals surface area (Å²) in [4.78, 5) is 8.86. The fourth-order valence-electron chi connectivity index (χ4n) is 1.72. The lowest BCUT2D eigenvalue weighted by molar-refractivity contribution is 0.831. The van der Waals surface area contributed by atoms with Crippen LogP contribution in [0.15, 0.2) is 34.9 Å². The van der Waals surface area contributed by atoms with Crippen LogP contribution in [0.3, 0.4) is 0 Å². The normalized spacial score (nSPS) is 10.4. The summed E-state index contributed by atoms with van der Waals surface area (Å²) in [6.07, 6.45) is 1.93. The first-order valence-corrected chi connectivity index (χ1v) is 6.84. The van der Waals surface area contributed by atoms with Crippen LogP contribution in [-0.2, 0) is 6.42 Å². The smallest absolute Gasteiger partial charge is 0.135 e. The van der Waals surface area contributed by atoms with Crippen molar-refractivity contribution in [2.75, 3.05) is 5.32 Å². The van der Waals surface area contributed by atoms with Crippen LogP contribution in [0, 0.1) is 6.92 Å². The molecule has 0 atom stereocenters. The highest BCUT2D eigenvalue weighted by Gasteiger charge is 2.04. The van der Waals surface area contributed by atoms with Crippen molar-refractivity contribution in [2.45, 2.75) is 26.7 Å². The summed E-state index contributed by atoms with van der Waals surface area (Å²) in [7, 11) is 0.